The van der Waals surface area contributed by atoms with E-state index >= 15 is 0 Å². The molecular formula is C16H26N6O2. The summed E-state index contributed by atoms with van der Waals surface area (Å²) in [5.74, 6) is 1.26. The molecule has 0 aromatic carbocycles. The molecule has 0 bridgehead atoms. The van der Waals surface area contributed by atoms with E-state index in [4.69, 9.17) is 9.78 Å². The van der Waals surface area contributed by atoms with Crippen molar-refractivity contribution >= 4 is 5.91 Å². The van der Waals surface area contributed by atoms with Crippen LogP contribution >= 0.6 is 0 Å². The molecule has 2 heterocycles. The van der Waals surface area contributed by atoms with Crippen LogP contribution < -0.4 is 0 Å². The maximum Gasteiger partial charge on any atom is 0.237 e. The minimum absolute atomic E-state index is 0.0243. The highest BCUT2D eigenvalue weighted by Gasteiger charge is 2.28. The van der Waals surface area contributed by atoms with Crippen molar-refractivity contribution < 1.29 is 9.32 Å². The average molecular weight is 334 g/mol. The number of carbonyl (C=O) groups excluding carboxylic acids is 1. The molecule has 1 fully saturated rings. The second-order valence-electron chi connectivity index (χ2n) is 6.76. The molecule has 0 unspecified atom stereocenters. The van der Waals surface area contributed by atoms with Gasteiger partial charge in [0.1, 0.15) is 5.54 Å². The van der Waals surface area contributed by atoms with Crippen LogP contribution in [0.1, 0.15) is 32.0 Å². The third kappa shape index (κ3) is 4.76. The highest BCUT2D eigenvalue weighted by Crippen LogP contribution is 2.12. The topological polar surface area (TPSA) is 89.5 Å². The number of nitrogens with zero attached hydrogens (tertiary/aromatic N) is 6. The van der Waals surface area contributed by atoms with Gasteiger partial charge in [-0.25, -0.2) is 0 Å². The molecule has 1 aliphatic heterocycles. The van der Waals surface area contributed by atoms with Crippen molar-refractivity contribution in [3.63, 3.8) is 0 Å². The number of aromatic nitrogens is 2. The SMILES string of the molecule is Cc1nc(CN2CCCN(CC(=O)N(C)C(C)(C)C#N)CC2)no1. The molecule has 1 amide bonds. The van der Waals surface area contributed by atoms with Gasteiger partial charge in [0.05, 0.1) is 19.2 Å². The van der Waals surface area contributed by atoms with E-state index in [1.54, 1.807) is 27.8 Å². The molecule has 0 radical (unpaired) electrons. The van der Waals surface area contributed by atoms with Gasteiger partial charge in [-0.3, -0.25) is 14.6 Å². The molecule has 8 nitrogen and oxygen atoms in total. The van der Waals surface area contributed by atoms with Crippen molar-refractivity contribution in [3.05, 3.63) is 11.7 Å². The van der Waals surface area contributed by atoms with Crippen molar-refractivity contribution in [2.45, 2.75) is 39.3 Å². The highest BCUT2D eigenvalue weighted by molar-refractivity contribution is 5.79. The summed E-state index contributed by atoms with van der Waals surface area (Å²) in [6, 6.07) is 2.16. The summed E-state index contributed by atoms with van der Waals surface area (Å²) in [5, 5.41) is 13.1. The summed E-state index contributed by atoms with van der Waals surface area (Å²) in [7, 11) is 1.69. The number of carbonyl (C=O) groups is 1. The van der Waals surface area contributed by atoms with Crippen LogP contribution in [0.4, 0.5) is 0 Å². The van der Waals surface area contributed by atoms with Crippen LogP contribution in [0.2, 0.25) is 0 Å². The van der Waals surface area contributed by atoms with Gasteiger partial charge in [0.2, 0.25) is 11.8 Å². The molecule has 0 atom stereocenters. The van der Waals surface area contributed by atoms with Gasteiger partial charge >= 0.3 is 0 Å². The number of likely N-dealkylation sites (N-methyl/N-ethyl adjacent to an activating group) is 1. The fourth-order valence-electron chi connectivity index (χ4n) is 2.63. The van der Waals surface area contributed by atoms with Gasteiger partial charge in [-0.15, -0.1) is 0 Å². The lowest BCUT2D eigenvalue weighted by molar-refractivity contribution is -0.134. The second kappa shape index (κ2) is 7.73. The van der Waals surface area contributed by atoms with Crippen molar-refractivity contribution in [2.75, 3.05) is 39.8 Å². The van der Waals surface area contributed by atoms with Crippen LogP contribution in [-0.2, 0) is 11.3 Å². The first kappa shape index (κ1) is 18.4. The van der Waals surface area contributed by atoms with E-state index in [2.05, 4.69) is 26.0 Å². The zero-order valence-corrected chi connectivity index (χ0v) is 14.9. The minimum Gasteiger partial charge on any atom is -0.340 e. The van der Waals surface area contributed by atoms with Crippen LogP contribution in [0.3, 0.4) is 0 Å². The van der Waals surface area contributed by atoms with Crippen molar-refractivity contribution in [1.29, 1.82) is 5.26 Å². The van der Waals surface area contributed by atoms with Crippen molar-refractivity contribution in [2.24, 2.45) is 0 Å². The number of rotatable bonds is 5. The number of amides is 1. The monoisotopic (exact) mass is 334 g/mol. The molecule has 1 aromatic rings. The Kier molecular flexibility index (Phi) is 5.91. The van der Waals surface area contributed by atoms with Gasteiger partial charge < -0.3 is 9.42 Å². The minimum atomic E-state index is -0.786. The molecule has 0 N–H and O–H groups in total. The van der Waals surface area contributed by atoms with Gasteiger partial charge in [-0.2, -0.15) is 10.2 Å². The standard InChI is InChI=1S/C16H26N6O2/c1-13-18-14(19-24-13)10-21-6-5-7-22(9-8-21)11-15(23)20(4)16(2,3)12-17/h5-11H2,1-4H3. The van der Waals surface area contributed by atoms with Crippen LogP contribution in [0.25, 0.3) is 0 Å². The van der Waals surface area contributed by atoms with Crippen molar-refractivity contribution in [1.82, 2.24) is 24.8 Å². The maximum absolute atomic E-state index is 12.4. The van der Waals surface area contributed by atoms with E-state index in [0.717, 1.165) is 32.6 Å². The number of aryl methyl sites for hydroxylation is 1. The predicted molar refractivity (Wildman–Crippen MR) is 87.8 cm³/mol. The van der Waals surface area contributed by atoms with Gasteiger partial charge in [0.25, 0.3) is 0 Å². The van der Waals surface area contributed by atoms with Crippen LogP contribution in [-0.4, -0.2) is 76.1 Å². The molecule has 132 valence electrons. The number of nitriles is 1. The molecule has 0 spiro atoms. The van der Waals surface area contributed by atoms with Crippen LogP contribution in [0.5, 0.6) is 0 Å². The molecule has 8 heteroatoms. The van der Waals surface area contributed by atoms with E-state index in [9.17, 15) is 4.79 Å². The number of hydrogen-bond donors (Lipinski definition) is 0. The first-order chi connectivity index (χ1) is 11.3. The maximum atomic E-state index is 12.4. The summed E-state index contributed by atoms with van der Waals surface area (Å²) in [6.45, 7) is 9.77. The Balaban J connectivity index is 1.84. The second-order valence-corrected chi connectivity index (χ2v) is 6.76. The van der Waals surface area contributed by atoms with E-state index < -0.39 is 5.54 Å². The quantitative estimate of drug-likeness (QED) is 0.781. The lowest BCUT2D eigenvalue weighted by atomic mass is 10.1. The van der Waals surface area contributed by atoms with Crippen LogP contribution in [0, 0.1) is 18.3 Å². The first-order valence-electron chi connectivity index (χ1n) is 8.23. The molecule has 0 aliphatic carbocycles. The molecule has 1 saturated heterocycles. The molecule has 2 rings (SSSR count). The Morgan fingerprint density at radius 1 is 1.33 bits per heavy atom. The fourth-order valence-corrected chi connectivity index (χ4v) is 2.63. The van der Waals surface area contributed by atoms with Gasteiger partial charge in [-0.05, 0) is 33.4 Å². The Morgan fingerprint density at radius 2 is 2.00 bits per heavy atom. The average Bonchev–Trinajstić information content (AvgIpc) is 2.82. The largest absolute Gasteiger partial charge is 0.340 e. The summed E-state index contributed by atoms with van der Waals surface area (Å²) in [5.41, 5.74) is -0.786. The Bertz CT molecular complexity index is 606. The lowest BCUT2D eigenvalue weighted by Gasteiger charge is -2.31. The fraction of sp³-hybridized carbons (Fsp3) is 0.750. The predicted octanol–water partition coefficient (Wildman–Crippen LogP) is 0.646. The third-order valence-electron chi connectivity index (χ3n) is 4.46. The summed E-state index contributed by atoms with van der Waals surface area (Å²) >= 11 is 0. The zero-order valence-electron chi connectivity index (χ0n) is 14.9. The molecule has 1 aliphatic rings. The summed E-state index contributed by atoms with van der Waals surface area (Å²) in [6.07, 6.45) is 0.982. The van der Waals surface area contributed by atoms with E-state index in [1.807, 2.05) is 0 Å². The third-order valence-corrected chi connectivity index (χ3v) is 4.46. The van der Waals surface area contributed by atoms with Crippen LogP contribution in [0.15, 0.2) is 4.52 Å². The van der Waals surface area contributed by atoms with E-state index in [1.165, 1.54) is 4.90 Å². The molecular weight excluding hydrogens is 308 g/mol. The first-order valence-corrected chi connectivity index (χ1v) is 8.23. The smallest absolute Gasteiger partial charge is 0.237 e. The summed E-state index contributed by atoms with van der Waals surface area (Å²) < 4.78 is 5.01. The van der Waals surface area contributed by atoms with Crippen molar-refractivity contribution in [3.8, 4) is 6.07 Å². The highest BCUT2D eigenvalue weighted by atomic mass is 16.5. The number of hydrogen-bond acceptors (Lipinski definition) is 7. The van der Waals surface area contributed by atoms with E-state index in [-0.39, 0.29) is 5.91 Å². The zero-order chi connectivity index (χ0) is 17.7. The molecule has 1 aromatic heterocycles. The normalized spacial score (nSPS) is 17.3. The lowest BCUT2D eigenvalue weighted by Crippen LogP contribution is -2.48. The van der Waals surface area contributed by atoms with Gasteiger partial charge in [0, 0.05) is 27.1 Å². The van der Waals surface area contributed by atoms with Gasteiger partial charge in [-0.1, -0.05) is 5.16 Å². The van der Waals surface area contributed by atoms with Gasteiger partial charge in [0.15, 0.2) is 5.82 Å². The Hall–Kier alpha value is -1.98. The Labute approximate surface area is 143 Å². The molecule has 0 saturated carbocycles. The molecule has 24 heavy (non-hydrogen) atoms. The Morgan fingerprint density at radius 3 is 2.62 bits per heavy atom. The summed E-state index contributed by atoms with van der Waals surface area (Å²) in [4.78, 5) is 22.6. The van der Waals surface area contributed by atoms with E-state index in [0.29, 0.717) is 24.8 Å².